The second-order valence-electron chi connectivity index (χ2n) is 4.78. The number of hydrogen-bond donors (Lipinski definition) is 2. The quantitative estimate of drug-likeness (QED) is 0.879. The van der Waals surface area contributed by atoms with Gasteiger partial charge >= 0.3 is 0 Å². The summed E-state index contributed by atoms with van der Waals surface area (Å²) in [5.74, 6) is 0.311. The summed E-state index contributed by atoms with van der Waals surface area (Å²) in [5.41, 5.74) is 3.59. The van der Waals surface area contributed by atoms with Gasteiger partial charge in [-0.05, 0) is 48.7 Å². The summed E-state index contributed by atoms with van der Waals surface area (Å²) in [6.45, 7) is 5.00. The van der Waals surface area contributed by atoms with Crippen LogP contribution in [0.15, 0.2) is 46.9 Å². The smallest absolute Gasteiger partial charge is 0.115 e. The molecule has 0 bridgehead atoms. The Bertz CT molecular complexity index is 568. The fourth-order valence-electron chi connectivity index (χ4n) is 2.00. The van der Waals surface area contributed by atoms with Crippen LogP contribution in [0.1, 0.15) is 29.7 Å². The molecule has 0 aliphatic rings. The molecular weight excluding hydrogens is 302 g/mol. The van der Waals surface area contributed by atoms with Gasteiger partial charge in [-0.3, -0.25) is 0 Å². The van der Waals surface area contributed by atoms with E-state index in [4.69, 9.17) is 0 Å². The van der Waals surface area contributed by atoms with E-state index < -0.39 is 0 Å². The number of aryl methyl sites for hydroxylation is 1. The van der Waals surface area contributed by atoms with Crippen LogP contribution < -0.4 is 5.32 Å². The predicted molar refractivity (Wildman–Crippen MR) is 82.2 cm³/mol. The minimum atomic E-state index is 0.205. The first-order valence-corrected chi connectivity index (χ1v) is 7.13. The third kappa shape index (κ3) is 3.82. The average Bonchev–Trinajstić information content (AvgIpc) is 2.40. The van der Waals surface area contributed by atoms with Crippen molar-refractivity contribution in [1.82, 2.24) is 5.32 Å². The van der Waals surface area contributed by atoms with Crippen molar-refractivity contribution in [3.05, 3.63) is 63.6 Å². The molecule has 0 spiro atoms. The molecule has 1 atom stereocenters. The maximum atomic E-state index is 9.48. The van der Waals surface area contributed by atoms with Crippen LogP contribution in [-0.2, 0) is 6.54 Å². The summed E-state index contributed by atoms with van der Waals surface area (Å²) in [5, 5.41) is 12.9. The van der Waals surface area contributed by atoms with Crippen LogP contribution in [0.25, 0.3) is 0 Å². The van der Waals surface area contributed by atoms with E-state index in [1.165, 1.54) is 11.1 Å². The first kappa shape index (κ1) is 14.1. The number of hydrogen-bond acceptors (Lipinski definition) is 2. The van der Waals surface area contributed by atoms with Gasteiger partial charge in [-0.2, -0.15) is 0 Å². The van der Waals surface area contributed by atoms with Gasteiger partial charge in [-0.25, -0.2) is 0 Å². The molecule has 1 unspecified atom stereocenters. The van der Waals surface area contributed by atoms with Crippen molar-refractivity contribution >= 4 is 15.9 Å². The fourth-order valence-corrected chi connectivity index (χ4v) is 2.25. The summed E-state index contributed by atoms with van der Waals surface area (Å²) in [7, 11) is 0. The topological polar surface area (TPSA) is 32.3 Å². The van der Waals surface area contributed by atoms with Gasteiger partial charge in [0.1, 0.15) is 5.75 Å². The van der Waals surface area contributed by atoms with Gasteiger partial charge in [0.15, 0.2) is 0 Å². The first-order valence-electron chi connectivity index (χ1n) is 6.33. The Kier molecular flexibility index (Phi) is 4.61. The van der Waals surface area contributed by atoms with Crippen LogP contribution in [-0.4, -0.2) is 5.11 Å². The minimum Gasteiger partial charge on any atom is -0.508 e. The number of phenols is 1. The third-order valence-electron chi connectivity index (χ3n) is 3.20. The van der Waals surface area contributed by atoms with Crippen LogP contribution in [0.4, 0.5) is 0 Å². The Morgan fingerprint density at radius 2 is 2.00 bits per heavy atom. The number of rotatable bonds is 4. The Morgan fingerprint density at radius 1 is 1.21 bits per heavy atom. The zero-order valence-electron chi connectivity index (χ0n) is 11.2. The van der Waals surface area contributed by atoms with Gasteiger partial charge in [0.25, 0.3) is 0 Å². The van der Waals surface area contributed by atoms with Crippen LogP contribution in [0, 0.1) is 6.92 Å². The van der Waals surface area contributed by atoms with Crippen molar-refractivity contribution in [3.63, 3.8) is 0 Å². The number of benzene rings is 2. The lowest BCUT2D eigenvalue weighted by Gasteiger charge is -2.15. The largest absolute Gasteiger partial charge is 0.508 e. The zero-order valence-corrected chi connectivity index (χ0v) is 12.7. The Balaban J connectivity index is 2.00. The molecule has 100 valence electrons. The van der Waals surface area contributed by atoms with E-state index in [1.807, 2.05) is 12.1 Å². The molecule has 0 saturated carbocycles. The van der Waals surface area contributed by atoms with Crippen molar-refractivity contribution in [1.29, 1.82) is 0 Å². The lowest BCUT2D eigenvalue weighted by Crippen LogP contribution is -2.18. The average molecular weight is 320 g/mol. The van der Waals surface area contributed by atoms with Gasteiger partial charge in [-0.15, -0.1) is 0 Å². The lowest BCUT2D eigenvalue weighted by atomic mass is 10.1. The van der Waals surface area contributed by atoms with Gasteiger partial charge in [-0.1, -0.05) is 40.2 Å². The van der Waals surface area contributed by atoms with Gasteiger partial charge in [0.05, 0.1) is 0 Å². The summed E-state index contributed by atoms with van der Waals surface area (Å²) < 4.78 is 1.14. The van der Waals surface area contributed by atoms with E-state index in [9.17, 15) is 5.11 Å². The molecule has 0 amide bonds. The molecule has 0 radical (unpaired) electrons. The molecule has 0 saturated heterocycles. The highest BCUT2D eigenvalue weighted by molar-refractivity contribution is 9.10. The van der Waals surface area contributed by atoms with Gasteiger partial charge in [0, 0.05) is 17.1 Å². The number of phenolic OH excluding ortho intramolecular Hbond substituents is 1. The minimum absolute atomic E-state index is 0.205. The molecule has 0 heterocycles. The van der Waals surface area contributed by atoms with E-state index in [0.717, 1.165) is 16.6 Å². The summed E-state index contributed by atoms with van der Waals surface area (Å²) >= 11 is 3.51. The van der Waals surface area contributed by atoms with Crippen molar-refractivity contribution in [3.8, 4) is 5.75 Å². The summed E-state index contributed by atoms with van der Waals surface area (Å²) in [6, 6.07) is 13.9. The monoisotopic (exact) mass is 319 g/mol. The first-order chi connectivity index (χ1) is 9.06. The van der Waals surface area contributed by atoms with Crippen LogP contribution in [0.5, 0.6) is 5.75 Å². The van der Waals surface area contributed by atoms with Gasteiger partial charge in [0.2, 0.25) is 0 Å². The molecule has 0 aliphatic carbocycles. The van der Waals surface area contributed by atoms with E-state index in [1.54, 1.807) is 12.1 Å². The maximum absolute atomic E-state index is 9.48. The molecule has 2 nitrogen and oxygen atoms in total. The molecule has 0 aromatic heterocycles. The van der Waals surface area contributed by atoms with Crippen molar-refractivity contribution in [2.24, 2.45) is 0 Å². The standard InChI is InChI=1S/C16H18BrNO/c1-11-8-13(6-7-16(11)17)10-18-12(2)14-4-3-5-15(19)9-14/h3-9,12,18-19H,10H2,1-2H3. The van der Waals surface area contributed by atoms with E-state index >= 15 is 0 Å². The Labute approximate surface area is 122 Å². The van der Waals surface area contributed by atoms with Crippen molar-refractivity contribution in [2.45, 2.75) is 26.4 Å². The highest BCUT2D eigenvalue weighted by Crippen LogP contribution is 2.20. The second kappa shape index (κ2) is 6.22. The van der Waals surface area contributed by atoms with E-state index in [-0.39, 0.29) is 6.04 Å². The highest BCUT2D eigenvalue weighted by atomic mass is 79.9. The molecule has 19 heavy (non-hydrogen) atoms. The van der Waals surface area contributed by atoms with Crippen molar-refractivity contribution in [2.75, 3.05) is 0 Å². The molecule has 2 N–H and O–H groups in total. The van der Waals surface area contributed by atoms with Gasteiger partial charge < -0.3 is 10.4 Å². The molecule has 2 rings (SSSR count). The molecule has 0 fully saturated rings. The third-order valence-corrected chi connectivity index (χ3v) is 4.09. The normalized spacial score (nSPS) is 12.4. The molecule has 0 aliphatic heterocycles. The summed E-state index contributed by atoms with van der Waals surface area (Å²) in [4.78, 5) is 0. The van der Waals surface area contributed by atoms with Crippen molar-refractivity contribution < 1.29 is 5.11 Å². The predicted octanol–water partition coefficient (Wildman–Crippen LogP) is 4.31. The summed E-state index contributed by atoms with van der Waals surface area (Å²) in [6.07, 6.45) is 0. The fraction of sp³-hybridized carbons (Fsp3) is 0.250. The lowest BCUT2D eigenvalue weighted by molar-refractivity contribution is 0.472. The number of halogens is 1. The second-order valence-corrected chi connectivity index (χ2v) is 5.64. The Hall–Kier alpha value is -1.32. The zero-order chi connectivity index (χ0) is 13.8. The molecular formula is C16H18BrNO. The number of nitrogens with one attached hydrogen (secondary N) is 1. The molecule has 2 aromatic rings. The van der Waals surface area contributed by atoms with Crippen LogP contribution >= 0.6 is 15.9 Å². The van der Waals surface area contributed by atoms with E-state index in [2.05, 4.69) is 53.3 Å². The molecule has 2 aromatic carbocycles. The highest BCUT2D eigenvalue weighted by Gasteiger charge is 2.06. The Morgan fingerprint density at radius 3 is 2.68 bits per heavy atom. The maximum Gasteiger partial charge on any atom is 0.115 e. The van der Waals surface area contributed by atoms with E-state index in [0.29, 0.717) is 5.75 Å². The van der Waals surface area contributed by atoms with Crippen LogP contribution in [0.3, 0.4) is 0 Å². The molecule has 3 heteroatoms. The number of aromatic hydroxyl groups is 1. The SMILES string of the molecule is Cc1cc(CNC(C)c2cccc(O)c2)ccc1Br. The van der Waals surface area contributed by atoms with Crippen LogP contribution in [0.2, 0.25) is 0 Å².